The van der Waals surface area contributed by atoms with Crippen LogP contribution >= 0.6 is 0 Å². The predicted octanol–water partition coefficient (Wildman–Crippen LogP) is 4.32. The normalized spacial score (nSPS) is 34.0. The molecule has 3 rings (SSSR count). The van der Waals surface area contributed by atoms with E-state index in [-0.39, 0.29) is 11.2 Å². The van der Waals surface area contributed by atoms with Gasteiger partial charge in [-0.05, 0) is 54.2 Å². The summed E-state index contributed by atoms with van der Waals surface area (Å²) in [5, 5.41) is 12.2. The minimum absolute atomic E-state index is 0.220. The first-order chi connectivity index (χ1) is 9.38. The van der Waals surface area contributed by atoms with E-state index in [1.54, 1.807) is 12.1 Å². The highest BCUT2D eigenvalue weighted by Crippen LogP contribution is 2.65. The number of nitriles is 1. The standard InChI is InChI=1S/C17H21FN2/c1-16(2)12-6-7-17(16,3)15(9-12)20-14-5-4-11(10-19)8-13(14)18/h4-5,8,12,15,20H,6-7,9H2,1-3H3. The number of anilines is 1. The zero-order valence-corrected chi connectivity index (χ0v) is 12.3. The second kappa shape index (κ2) is 4.22. The summed E-state index contributed by atoms with van der Waals surface area (Å²) in [6, 6.07) is 6.96. The molecule has 0 heterocycles. The van der Waals surface area contributed by atoms with E-state index in [4.69, 9.17) is 5.26 Å². The lowest BCUT2D eigenvalue weighted by molar-refractivity contribution is 0.142. The highest BCUT2D eigenvalue weighted by atomic mass is 19.1. The highest BCUT2D eigenvalue weighted by molar-refractivity contribution is 5.50. The van der Waals surface area contributed by atoms with E-state index in [1.165, 1.54) is 18.9 Å². The second-order valence-corrected chi connectivity index (χ2v) is 7.11. The molecular formula is C17H21FN2. The van der Waals surface area contributed by atoms with Crippen molar-refractivity contribution in [2.45, 2.75) is 46.1 Å². The summed E-state index contributed by atoms with van der Waals surface area (Å²) in [4.78, 5) is 0. The Kier molecular flexibility index (Phi) is 2.83. The van der Waals surface area contributed by atoms with Crippen molar-refractivity contribution >= 4 is 5.69 Å². The predicted molar refractivity (Wildman–Crippen MR) is 77.8 cm³/mol. The summed E-state index contributed by atoms with van der Waals surface area (Å²) < 4.78 is 14.0. The average molecular weight is 272 g/mol. The number of hydrogen-bond donors (Lipinski definition) is 1. The Morgan fingerprint density at radius 3 is 2.60 bits per heavy atom. The van der Waals surface area contributed by atoms with Crippen molar-refractivity contribution in [2.24, 2.45) is 16.7 Å². The third-order valence-corrected chi connectivity index (χ3v) is 6.22. The first-order valence-electron chi connectivity index (χ1n) is 7.34. The Morgan fingerprint density at radius 1 is 1.35 bits per heavy atom. The fourth-order valence-corrected chi connectivity index (χ4v) is 4.31. The molecule has 1 N–H and O–H groups in total. The van der Waals surface area contributed by atoms with Gasteiger partial charge >= 0.3 is 0 Å². The van der Waals surface area contributed by atoms with Crippen molar-refractivity contribution in [3.8, 4) is 6.07 Å². The molecule has 1 aromatic carbocycles. The molecule has 2 saturated carbocycles. The van der Waals surface area contributed by atoms with Crippen molar-refractivity contribution in [1.29, 1.82) is 5.26 Å². The van der Waals surface area contributed by atoms with Gasteiger partial charge in [0.05, 0.1) is 17.3 Å². The summed E-state index contributed by atoms with van der Waals surface area (Å²) in [5.41, 5.74) is 1.43. The molecule has 1 aromatic rings. The van der Waals surface area contributed by atoms with Crippen molar-refractivity contribution in [1.82, 2.24) is 0 Å². The molecule has 3 heteroatoms. The Bertz CT molecular complexity index is 587. The van der Waals surface area contributed by atoms with E-state index in [2.05, 4.69) is 26.1 Å². The van der Waals surface area contributed by atoms with E-state index >= 15 is 0 Å². The molecule has 0 amide bonds. The van der Waals surface area contributed by atoms with Gasteiger partial charge < -0.3 is 5.32 Å². The van der Waals surface area contributed by atoms with E-state index in [9.17, 15) is 4.39 Å². The Hall–Kier alpha value is -1.56. The molecule has 0 saturated heterocycles. The van der Waals surface area contributed by atoms with Gasteiger partial charge in [-0.15, -0.1) is 0 Å². The maximum absolute atomic E-state index is 14.0. The molecule has 106 valence electrons. The van der Waals surface area contributed by atoms with Gasteiger partial charge in [0.2, 0.25) is 0 Å². The Balaban J connectivity index is 1.85. The Labute approximate surface area is 120 Å². The molecule has 2 nitrogen and oxygen atoms in total. The van der Waals surface area contributed by atoms with Crippen LogP contribution in [0.5, 0.6) is 0 Å². The number of rotatable bonds is 2. The van der Waals surface area contributed by atoms with Gasteiger partial charge in [0.15, 0.2) is 0 Å². The zero-order valence-electron chi connectivity index (χ0n) is 12.3. The molecule has 3 unspecified atom stereocenters. The van der Waals surface area contributed by atoms with E-state index in [1.807, 2.05) is 6.07 Å². The second-order valence-electron chi connectivity index (χ2n) is 7.11. The number of benzene rings is 1. The number of nitrogens with zero attached hydrogens (tertiary/aromatic N) is 1. The maximum atomic E-state index is 14.0. The van der Waals surface area contributed by atoms with E-state index < -0.39 is 0 Å². The molecule has 0 spiro atoms. The van der Waals surface area contributed by atoms with Crippen molar-refractivity contribution < 1.29 is 4.39 Å². The first-order valence-corrected chi connectivity index (χ1v) is 7.34. The number of nitrogens with one attached hydrogen (secondary N) is 1. The summed E-state index contributed by atoms with van der Waals surface area (Å²) in [6.45, 7) is 7.03. The summed E-state index contributed by atoms with van der Waals surface area (Å²) in [6.07, 6.45) is 3.61. The molecule has 0 aliphatic heterocycles. The van der Waals surface area contributed by atoms with Crippen LogP contribution in [0.1, 0.15) is 45.6 Å². The van der Waals surface area contributed by atoms with Crippen LogP contribution in [0.15, 0.2) is 18.2 Å². The number of hydrogen-bond acceptors (Lipinski definition) is 2. The summed E-state index contributed by atoms with van der Waals surface area (Å²) >= 11 is 0. The molecule has 3 atom stereocenters. The van der Waals surface area contributed by atoms with Gasteiger partial charge in [-0.25, -0.2) is 4.39 Å². The lowest BCUT2D eigenvalue weighted by atomic mass is 9.69. The van der Waals surface area contributed by atoms with Crippen molar-refractivity contribution in [3.63, 3.8) is 0 Å². The summed E-state index contributed by atoms with van der Waals surface area (Å²) in [5.74, 6) is 0.402. The summed E-state index contributed by atoms with van der Waals surface area (Å²) in [7, 11) is 0. The lowest BCUT2D eigenvalue weighted by Gasteiger charge is -2.40. The molecule has 0 radical (unpaired) electrons. The lowest BCUT2D eigenvalue weighted by Crippen LogP contribution is -2.40. The quantitative estimate of drug-likeness (QED) is 0.870. The SMILES string of the molecule is CC1(C)C2CCC1(C)C(Nc1ccc(C#N)cc1F)C2. The zero-order chi connectivity index (χ0) is 14.5. The number of halogens is 1. The third-order valence-electron chi connectivity index (χ3n) is 6.22. The molecule has 2 fully saturated rings. The highest BCUT2D eigenvalue weighted by Gasteiger charge is 2.61. The van der Waals surface area contributed by atoms with Crippen LogP contribution in [0.4, 0.5) is 10.1 Å². The van der Waals surface area contributed by atoms with Gasteiger partial charge in [-0.3, -0.25) is 0 Å². The van der Waals surface area contributed by atoms with Crippen LogP contribution in [-0.2, 0) is 0 Å². The van der Waals surface area contributed by atoms with Gasteiger partial charge in [0, 0.05) is 6.04 Å². The van der Waals surface area contributed by atoms with Gasteiger partial charge in [0.1, 0.15) is 5.82 Å². The topological polar surface area (TPSA) is 35.8 Å². The molecule has 20 heavy (non-hydrogen) atoms. The van der Waals surface area contributed by atoms with Crippen LogP contribution in [-0.4, -0.2) is 6.04 Å². The third kappa shape index (κ3) is 1.67. The van der Waals surface area contributed by atoms with Gasteiger partial charge in [-0.1, -0.05) is 20.8 Å². The smallest absolute Gasteiger partial charge is 0.147 e. The largest absolute Gasteiger partial charge is 0.379 e. The van der Waals surface area contributed by atoms with Crippen LogP contribution in [0.25, 0.3) is 0 Å². The minimum Gasteiger partial charge on any atom is -0.379 e. The maximum Gasteiger partial charge on any atom is 0.147 e. The fraction of sp³-hybridized carbons (Fsp3) is 0.588. The first kappa shape index (κ1) is 13.4. The molecule has 2 aliphatic carbocycles. The van der Waals surface area contributed by atoms with Crippen LogP contribution in [0, 0.1) is 33.9 Å². The van der Waals surface area contributed by atoms with Gasteiger partial charge in [-0.2, -0.15) is 5.26 Å². The monoisotopic (exact) mass is 272 g/mol. The molecule has 2 aliphatic rings. The van der Waals surface area contributed by atoms with Crippen molar-refractivity contribution in [2.75, 3.05) is 5.32 Å². The van der Waals surface area contributed by atoms with Crippen LogP contribution in [0.2, 0.25) is 0 Å². The molecular weight excluding hydrogens is 251 g/mol. The number of fused-ring (bicyclic) bond motifs is 2. The van der Waals surface area contributed by atoms with Crippen molar-refractivity contribution in [3.05, 3.63) is 29.6 Å². The minimum atomic E-state index is -0.326. The van der Waals surface area contributed by atoms with Crippen LogP contribution < -0.4 is 5.32 Å². The fourth-order valence-electron chi connectivity index (χ4n) is 4.31. The Morgan fingerprint density at radius 2 is 2.10 bits per heavy atom. The van der Waals surface area contributed by atoms with Crippen LogP contribution in [0.3, 0.4) is 0 Å². The van der Waals surface area contributed by atoms with E-state index in [0.29, 0.717) is 22.7 Å². The average Bonchev–Trinajstić information content (AvgIpc) is 2.74. The molecule has 0 aromatic heterocycles. The van der Waals surface area contributed by atoms with E-state index in [0.717, 1.165) is 12.3 Å². The molecule has 2 bridgehead atoms. The van der Waals surface area contributed by atoms with Gasteiger partial charge in [0.25, 0.3) is 0 Å².